The van der Waals surface area contributed by atoms with Crippen molar-refractivity contribution in [1.82, 2.24) is 0 Å². The molecule has 0 unspecified atom stereocenters. The molecule has 1 aromatic carbocycles. The molecule has 0 atom stereocenters. The predicted octanol–water partition coefficient (Wildman–Crippen LogP) is 3.84. The van der Waals surface area contributed by atoms with Crippen LogP contribution in [0.15, 0.2) is 68.0 Å². The van der Waals surface area contributed by atoms with E-state index in [2.05, 4.69) is 25.5 Å². The van der Waals surface area contributed by atoms with E-state index >= 15 is 0 Å². The summed E-state index contributed by atoms with van der Waals surface area (Å²) in [5, 5.41) is 0. The van der Waals surface area contributed by atoms with Crippen molar-refractivity contribution in [2.45, 2.75) is 0 Å². The molecule has 0 nitrogen and oxygen atoms in total. The summed E-state index contributed by atoms with van der Waals surface area (Å²) in [4.78, 5) is 0. The number of allylic oxidation sites excluding steroid dienone is 2. The molecule has 66 valence electrons. The maximum Gasteiger partial charge on any atom is -0.0133 e. The van der Waals surface area contributed by atoms with E-state index in [1.54, 1.807) is 12.2 Å². The van der Waals surface area contributed by atoms with Gasteiger partial charge in [-0.2, -0.15) is 0 Å². The Morgan fingerprint density at radius 2 is 1.54 bits per heavy atom. The van der Waals surface area contributed by atoms with Crippen molar-refractivity contribution in [3.8, 4) is 0 Å². The highest BCUT2D eigenvalue weighted by Crippen LogP contribution is 1.98. The number of hydrogen-bond acceptors (Lipinski definition) is 0. The van der Waals surface area contributed by atoms with Crippen LogP contribution >= 0.6 is 0 Å². The van der Waals surface area contributed by atoms with Crippen LogP contribution in [0.3, 0.4) is 0 Å². The Morgan fingerprint density at radius 3 is 1.92 bits per heavy atom. The van der Waals surface area contributed by atoms with E-state index in [0.717, 1.165) is 5.56 Å². The van der Waals surface area contributed by atoms with Crippen LogP contribution < -0.4 is 0 Å². The number of rotatable bonds is 2. The SMILES string of the molecule is C=C=Cc1ccccc1.C=CC=C. The van der Waals surface area contributed by atoms with Gasteiger partial charge >= 0.3 is 0 Å². The smallest absolute Gasteiger partial charge is 0.0133 e. The normalized spacial score (nSPS) is 7.08. The van der Waals surface area contributed by atoms with Gasteiger partial charge in [0.1, 0.15) is 0 Å². The molecule has 0 saturated heterocycles. The lowest BCUT2D eigenvalue weighted by Crippen LogP contribution is -1.64. The summed E-state index contributed by atoms with van der Waals surface area (Å²) in [6, 6.07) is 9.99. The highest BCUT2D eigenvalue weighted by atomic mass is 13.8. The second kappa shape index (κ2) is 8.32. The third-order valence-corrected chi connectivity index (χ3v) is 1.23. The van der Waals surface area contributed by atoms with Crippen LogP contribution in [0.2, 0.25) is 0 Å². The molecule has 0 heterocycles. The largest absolute Gasteiger partial charge is 0.128 e. The quantitative estimate of drug-likeness (QED) is 0.467. The van der Waals surface area contributed by atoms with Crippen LogP contribution in [0.1, 0.15) is 5.56 Å². The van der Waals surface area contributed by atoms with E-state index < -0.39 is 0 Å². The summed E-state index contributed by atoms with van der Waals surface area (Å²) in [5.41, 5.74) is 3.85. The second-order valence-electron chi connectivity index (χ2n) is 2.23. The molecule has 0 saturated carbocycles. The van der Waals surface area contributed by atoms with Gasteiger partial charge in [-0.3, -0.25) is 0 Å². The fourth-order valence-electron chi connectivity index (χ4n) is 0.667. The molecule has 0 heteroatoms. The minimum absolute atomic E-state index is 1.15. The Bertz CT molecular complexity index is 281. The first-order valence-electron chi connectivity index (χ1n) is 3.99. The molecule has 0 aliphatic carbocycles. The summed E-state index contributed by atoms with van der Waals surface area (Å²) in [6.07, 6.45) is 5.12. The number of hydrogen-bond donors (Lipinski definition) is 0. The molecule has 0 aromatic heterocycles. The molecule has 0 radical (unpaired) electrons. The Hall–Kier alpha value is -1.78. The first kappa shape index (κ1) is 11.2. The van der Waals surface area contributed by atoms with E-state index in [9.17, 15) is 0 Å². The van der Waals surface area contributed by atoms with Crippen LogP contribution in [0, 0.1) is 0 Å². The van der Waals surface area contributed by atoms with Crippen LogP contribution in [0.25, 0.3) is 6.08 Å². The van der Waals surface area contributed by atoms with Crippen molar-refractivity contribution in [1.29, 1.82) is 0 Å². The molecule has 1 rings (SSSR count). The molecule has 13 heavy (non-hydrogen) atoms. The average molecular weight is 170 g/mol. The molecule has 0 N–H and O–H groups in total. The van der Waals surface area contributed by atoms with E-state index in [1.807, 2.05) is 36.4 Å². The Labute approximate surface area is 80.2 Å². The van der Waals surface area contributed by atoms with Crippen molar-refractivity contribution < 1.29 is 0 Å². The van der Waals surface area contributed by atoms with E-state index in [4.69, 9.17) is 0 Å². The first-order chi connectivity index (χ1) is 6.35. The van der Waals surface area contributed by atoms with Gasteiger partial charge in [-0.05, 0) is 11.6 Å². The highest BCUT2D eigenvalue weighted by Gasteiger charge is 1.77. The molecular weight excluding hydrogens is 156 g/mol. The zero-order valence-electron chi connectivity index (χ0n) is 7.74. The monoisotopic (exact) mass is 170 g/mol. The fraction of sp³-hybridized carbons (Fsp3) is 0. The Balaban J connectivity index is 0.000000310. The van der Waals surface area contributed by atoms with Gasteiger partial charge in [-0.25, -0.2) is 0 Å². The van der Waals surface area contributed by atoms with Gasteiger partial charge in [0, 0.05) is 0 Å². The summed E-state index contributed by atoms with van der Waals surface area (Å²) in [5.74, 6) is 0. The van der Waals surface area contributed by atoms with Gasteiger partial charge in [-0.15, -0.1) is 5.73 Å². The van der Waals surface area contributed by atoms with Crippen molar-refractivity contribution in [2.24, 2.45) is 0 Å². The van der Waals surface area contributed by atoms with Crippen LogP contribution in [0.4, 0.5) is 0 Å². The second-order valence-corrected chi connectivity index (χ2v) is 2.23. The van der Waals surface area contributed by atoms with Gasteiger partial charge in [0.2, 0.25) is 0 Å². The lowest BCUT2D eigenvalue weighted by Gasteiger charge is -1.85. The topological polar surface area (TPSA) is 0 Å². The molecule has 0 amide bonds. The summed E-state index contributed by atoms with van der Waals surface area (Å²) in [6.45, 7) is 10.2. The maximum atomic E-state index is 3.48. The highest BCUT2D eigenvalue weighted by molar-refractivity contribution is 5.47. The number of benzene rings is 1. The third-order valence-electron chi connectivity index (χ3n) is 1.23. The van der Waals surface area contributed by atoms with Gasteiger partial charge in [0.05, 0.1) is 0 Å². The molecule has 0 fully saturated rings. The molecule has 0 spiro atoms. The Kier molecular flexibility index (Phi) is 7.18. The fourth-order valence-corrected chi connectivity index (χ4v) is 0.667. The lowest BCUT2D eigenvalue weighted by atomic mass is 10.2. The van der Waals surface area contributed by atoms with Crippen molar-refractivity contribution >= 4 is 6.08 Å². The van der Waals surface area contributed by atoms with E-state index in [-0.39, 0.29) is 0 Å². The van der Waals surface area contributed by atoms with Crippen molar-refractivity contribution in [2.75, 3.05) is 0 Å². The first-order valence-corrected chi connectivity index (χ1v) is 3.99. The van der Waals surface area contributed by atoms with E-state index in [0.29, 0.717) is 0 Å². The standard InChI is InChI=1S/C9H8.C4H6/c1-2-6-9-7-4-3-5-8-9;1-3-4-2/h3-8H,1H2;3-4H,1-2H2. The maximum absolute atomic E-state index is 3.48. The molecule has 0 aliphatic rings. The van der Waals surface area contributed by atoms with Gasteiger partial charge < -0.3 is 0 Å². The van der Waals surface area contributed by atoms with Gasteiger partial charge in [0.25, 0.3) is 0 Å². The minimum atomic E-state index is 1.15. The summed E-state index contributed by atoms with van der Waals surface area (Å²) < 4.78 is 0. The van der Waals surface area contributed by atoms with Crippen LogP contribution in [-0.2, 0) is 0 Å². The zero-order chi connectivity index (χ0) is 9.94. The molecule has 0 bridgehead atoms. The third kappa shape index (κ3) is 6.61. The average Bonchev–Trinajstić information content (AvgIpc) is 2.20. The van der Waals surface area contributed by atoms with Gasteiger partial charge in [0.15, 0.2) is 0 Å². The van der Waals surface area contributed by atoms with Crippen molar-refractivity contribution in [3.63, 3.8) is 0 Å². The van der Waals surface area contributed by atoms with Crippen LogP contribution in [-0.4, -0.2) is 0 Å². The Morgan fingerprint density at radius 1 is 1.00 bits per heavy atom. The summed E-state index contributed by atoms with van der Waals surface area (Å²) >= 11 is 0. The molecular formula is C13H14. The zero-order valence-corrected chi connectivity index (χ0v) is 7.74. The van der Waals surface area contributed by atoms with Gasteiger partial charge in [-0.1, -0.05) is 62.2 Å². The minimum Gasteiger partial charge on any atom is -0.128 e. The predicted molar refractivity (Wildman–Crippen MR) is 60.4 cm³/mol. The van der Waals surface area contributed by atoms with Crippen molar-refractivity contribution in [3.05, 3.63) is 73.5 Å². The molecule has 0 aliphatic heterocycles. The lowest BCUT2D eigenvalue weighted by molar-refractivity contribution is 1.66. The molecule has 1 aromatic rings. The summed E-state index contributed by atoms with van der Waals surface area (Å²) in [7, 11) is 0. The van der Waals surface area contributed by atoms with Crippen LogP contribution in [0.5, 0.6) is 0 Å². The van der Waals surface area contributed by atoms with E-state index in [1.165, 1.54) is 0 Å².